The van der Waals surface area contributed by atoms with Crippen LogP contribution < -0.4 is 10.6 Å². The Bertz CT molecular complexity index is 786. The minimum absolute atomic E-state index is 0.667. The molecule has 7 heteroatoms. The third kappa shape index (κ3) is 2.96. The number of halogens is 2. The molecule has 3 rings (SSSR count). The van der Waals surface area contributed by atoms with Gasteiger partial charge in [-0.05, 0) is 41.1 Å². The highest BCUT2D eigenvalue weighted by molar-refractivity contribution is 9.10. The summed E-state index contributed by atoms with van der Waals surface area (Å²) in [6, 6.07) is 5.63. The fourth-order valence-corrected chi connectivity index (χ4v) is 2.49. The first-order valence-electron chi connectivity index (χ1n) is 6.47. The van der Waals surface area contributed by atoms with Crippen molar-refractivity contribution in [1.82, 2.24) is 14.4 Å². The Kier molecular flexibility index (Phi) is 3.98. The third-order valence-corrected chi connectivity index (χ3v) is 4.13. The van der Waals surface area contributed by atoms with Crippen LogP contribution in [0.1, 0.15) is 6.92 Å². The van der Waals surface area contributed by atoms with Crippen LogP contribution in [0.2, 0.25) is 5.02 Å². The summed E-state index contributed by atoms with van der Waals surface area (Å²) in [5.74, 6) is 1.48. The Morgan fingerprint density at radius 3 is 3.00 bits per heavy atom. The molecule has 0 aliphatic rings. The molecule has 3 aromatic rings. The molecular formula is C14H13BrClN5. The van der Waals surface area contributed by atoms with Gasteiger partial charge in [-0.15, -0.1) is 0 Å². The fraction of sp³-hybridized carbons (Fsp3) is 0.143. The number of nitrogens with one attached hydrogen (secondary N) is 2. The zero-order valence-corrected chi connectivity index (χ0v) is 13.6. The fourth-order valence-electron chi connectivity index (χ4n) is 1.99. The van der Waals surface area contributed by atoms with Crippen LogP contribution in [0.15, 0.2) is 41.3 Å². The Morgan fingerprint density at radius 2 is 2.24 bits per heavy atom. The van der Waals surface area contributed by atoms with Crippen molar-refractivity contribution < 1.29 is 0 Å². The molecule has 0 spiro atoms. The largest absolute Gasteiger partial charge is 0.369 e. The van der Waals surface area contributed by atoms with Gasteiger partial charge in [-0.3, -0.25) is 0 Å². The Labute approximate surface area is 135 Å². The number of imidazole rings is 1. The van der Waals surface area contributed by atoms with Crippen LogP contribution in [-0.4, -0.2) is 20.9 Å². The Balaban J connectivity index is 2.01. The normalized spacial score (nSPS) is 10.8. The lowest BCUT2D eigenvalue weighted by molar-refractivity contribution is 1.09. The Morgan fingerprint density at radius 1 is 1.38 bits per heavy atom. The highest BCUT2D eigenvalue weighted by Gasteiger charge is 2.08. The molecular weight excluding hydrogens is 354 g/mol. The van der Waals surface area contributed by atoms with Crippen molar-refractivity contribution in [2.45, 2.75) is 6.92 Å². The standard InChI is InChI=1S/C14H13BrClN5/c1-2-17-12-8-21-6-5-18-14(21)13(20-12)19-9-3-4-11(16)10(15)7-9/h3-8,17H,2H2,1H3,(H,19,20). The highest BCUT2D eigenvalue weighted by atomic mass is 79.9. The molecule has 2 aromatic heterocycles. The number of aromatic nitrogens is 3. The van der Waals surface area contributed by atoms with Crippen LogP contribution in [0.5, 0.6) is 0 Å². The average molecular weight is 367 g/mol. The van der Waals surface area contributed by atoms with Crippen molar-refractivity contribution in [3.63, 3.8) is 0 Å². The van der Waals surface area contributed by atoms with Gasteiger partial charge in [-0.25, -0.2) is 9.97 Å². The van der Waals surface area contributed by atoms with Gasteiger partial charge in [0.05, 0.1) is 11.2 Å². The molecule has 2 heterocycles. The van der Waals surface area contributed by atoms with E-state index < -0.39 is 0 Å². The number of hydrogen-bond donors (Lipinski definition) is 2. The summed E-state index contributed by atoms with van der Waals surface area (Å²) in [5.41, 5.74) is 1.65. The maximum absolute atomic E-state index is 6.01. The van der Waals surface area contributed by atoms with E-state index in [1.54, 1.807) is 6.20 Å². The van der Waals surface area contributed by atoms with Gasteiger partial charge in [-0.1, -0.05) is 11.6 Å². The molecule has 21 heavy (non-hydrogen) atoms. The monoisotopic (exact) mass is 365 g/mol. The van der Waals surface area contributed by atoms with Gasteiger partial charge in [0.2, 0.25) is 0 Å². The molecule has 2 N–H and O–H groups in total. The SMILES string of the molecule is CCNc1cn2ccnc2c(Nc2ccc(Cl)c(Br)c2)n1. The van der Waals surface area contributed by atoms with Gasteiger partial charge in [0, 0.05) is 29.1 Å². The van der Waals surface area contributed by atoms with Gasteiger partial charge in [0.1, 0.15) is 5.82 Å². The molecule has 0 saturated heterocycles. The Hall–Kier alpha value is -1.79. The topological polar surface area (TPSA) is 54.2 Å². The molecule has 108 valence electrons. The molecule has 0 aliphatic carbocycles. The number of benzene rings is 1. The van der Waals surface area contributed by atoms with Crippen molar-refractivity contribution in [3.8, 4) is 0 Å². The molecule has 0 radical (unpaired) electrons. The summed E-state index contributed by atoms with van der Waals surface area (Å²) in [6.07, 6.45) is 5.55. The lowest BCUT2D eigenvalue weighted by Crippen LogP contribution is -2.05. The van der Waals surface area contributed by atoms with Crippen molar-refractivity contribution in [2.75, 3.05) is 17.2 Å². The van der Waals surface area contributed by atoms with Gasteiger partial charge in [0.15, 0.2) is 11.5 Å². The molecule has 0 bridgehead atoms. The summed E-state index contributed by atoms with van der Waals surface area (Å²) >= 11 is 9.43. The van der Waals surface area contributed by atoms with Crippen molar-refractivity contribution in [3.05, 3.63) is 46.3 Å². The number of rotatable bonds is 4. The first kappa shape index (κ1) is 14.2. The van der Waals surface area contributed by atoms with Gasteiger partial charge >= 0.3 is 0 Å². The third-order valence-electron chi connectivity index (χ3n) is 2.91. The van der Waals surface area contributed by atoms with Crippen LogP contribution >= 0.6 is 27.5 Å². The molecule has 0 amide bonds. The van der Waals surface area contributed by atoms with E-state index in [0.717, 1.165) is 28.2 Å². The summed E-state index contributed by atoms with van der Waals surface area (Å²) in [6.45, 7) is 2.84. The smallest absolute Gasteiger partial charge is 0.180 e. The zero-order valence-electron chi connectivity index (χ0n) is 11.3. The molecule has 0 saturated carbocycles. The number of hydrogen-bond acceptors (Lipinski definition) is 4. The minimum atomic E-state index is 0.667. The molecule has 0 unspecified atom stereocenters. The maximum Gasteiger partial charge on any atom is 0.180 e. The average Bonchev–Trinajstić information content (AvgIpc) is 2.92. The molecule has 0 atom stereocenters. The van der Waals surface area contributed by atoms with E-state index in [4.69, 9.17) is 11.6 Å². The van der Waals surface area contributed by atoms with Gasteiger partial charge in [0.25, 0.3) is 0 Å². The molecule has 5 nitrogen and oxygen atoms in total. The predicted octanol–water partition coefficient (Wildman–Crippen LogP) is 4.32. The van der Waals surface area contributed by atoms with Crippen LogP contribution in [0.25, 0.3) is 5.65 Å². The summed E-state index contributed by atoms with van der Waals surface area (Å²) < 4.78 is 2.76. The van der Waals surface area contributed by atoms with Gasteiger partial charge < -0.3 is 15.0 Å². The zero-order chi connectivity index (χ0) is 14.8. The van der Waals surface area contributed by atoms with Crippen molar-refractivity contribution in [1.29, 1.82) is 0 Å². The lowest BCUT2D eigenvalue weighted by atomic mass is 10.3. The van der Waals surface area contributed by atoms with Crippen LogP contribution in [0, 0.1) is 0 Å². The quantitative estimate of drug-likeness (QED) is 0.722. The van der Waals surface area contributed by atoms with E-state index in [1.165, 1.54) is 0 Å². The minimum Gasteiger partial charge on any atom is -0.369 e. The second kappa shape index (κ2) is 5.91. The summed E-state index contributed by atoms with van der Waals surface area (Å²) in [7, 11) is 0. The number of fused-ring (bicyclic) bond motifs is 1. The first-order chi connectivity index (χ1) is 10.2. The lowest BCUT2D eigenvalue weighted by Gasteiger charge is -2.11. The van der Waals surface area contributed by atoms with E-state index in [2.05, 4.69) is 36.5 Å². The van der Waals surface area contributed by atoms with Crippen LogP contribution in [0.4, 0.5) is 17.3 Å². The van der Waals surface area contributed by atoms with E-state index in [0.29, 0.717) is 10.8 Å². The van der Waals surface area contributed by atoms with Crippen LogP contribution in [-0.2, 0) is 0 Å². The van der Waals surface area contributed by atoms with Crippen LogP contribution in [0.3, 0.4) is 0 Å². The van der Waals surface area contributed by atoms with Gasteiger partial charge in [-0.2, -0.15) is 0 Å². The van der Waals surface area contributed by atoms with E-state index in [1.807, 2.05) is 41.9 Å². The number of anilines is 3. The van der Waals surface area contributed by atoms with Crippen molar-refractivity contribution in [2.24, 2.45) is 0 Å². The molecule has 1 aromatic carbocycles. The van der Waals surface area contributed by atoms with E-state index in [-0.39, 0.29) is 0 Å². The van der Waals surface area contributed by atoms with E-state index in [9.17, 15) is 0 Å². The van der Waals surface area contributed by atoms with Crippen molar-refractivity contribution >= 4 is 50.5 Å². The summed E-state index contributed by atoms with van der Waals surface area (Å²) in [4.78, 5) is 8.88. The first-order valence-corrected chi connectivity index (χ1v) is 7.64. The maximum atomic E-state index is 6.01. The van der Waals surface area contributed by atoms with E-state index >= 15 is 0 Å². The number of nitrogens with zero attached hydrogens (tertiary/aromatic N) is 3. The summed E-state index contributed by atoms with van der Waals surface area (Å²) in [5, 5.41) is 7.15. The molecule has 0 aliphatic heterocycles. The molecule has 0 fully saturated rings. The predicted molar refractivity (Wildman–Crippen MR) is 89.6 cm³/mol. The second-order valence-corrected chi connectivity index (χ2v) is 5.68. The second-order valence-electron chi connectivity index (χ2n) is 4.42. The highest BCUT2D eigenvalue weighted by Crippen LogP contribution is 2.28.